The Morgan fingerprint density at radius 1 is 0.952 bits per heavy atom. The lowest BCUT2D eigenvalue weighted by Gasteiger charge is -2.17. The third kappa shape index (κ3) is 4.50. The fraction of sp³-hybridized carbons (Fsp3) is 0.333. The van der Waals surface area contributed by atoms with Gasteiger partial charge in [0.15, 0.2) is 0 Å². The molecule has 2 rings (SSSR count). The first kappa shape index (κ1) is 15.4. The van der Waals surface area contributed by atoms with Crippen molar-refractivity contribution in [1.29, 1.82) is 0 Å². The van der Waals surface area contributed by atoms with Crippen molar-refractivity contribution in [2.45, 2.75) is 20.0 Å². The second-order valence-electron chi connectivity index (χ2n) is 5.20. The van der Waals surface area contributed by atoms with E-state index in [4.69, 9.17) is 4.74 Å². The summed E-state index contributed by atoms with van der Waals surface area (Å²) in [6.45, 7) is 4.42. The third-order valence-electron chi connectivity index (χ3n) is 3.35. The fourth-order valence-corrected chi connectivity index (χ4v) is 2.31. The number of nitrogens with one attached hydrogen (secondary N) is 1. The Labute approximate surface area is 127 Å². The molecule has 0 unspecified atom stereocenters. The molecule has 0 amide bonds. The van der Waals surface area contributed by atoms with Crippen molar-refractivity contribution in [3.8, 4) is 5.75 Å². The summed E-state index contributed by atoms with van der Waals surface area (Å²) in [5.74, 6) is 0.930. The van der Waals surface area contributed by atoms with Crippen molar-refractivity contribution in [2.75, 3.05) is 25.6 Å². The second-order valence-corrected chi connectivity index (χ2v) is 5.20. The van der Waals surface area contributed by atoms with E-state index in [9.17, 15) is 0 Å². The van der Waals surface area contributed by atoms with Gasteiger partial charge in [-0.3, -0.25) is 0 Å². The van der Waals surface area contributed by atoms with Gasteiger partial charge in [0.1, 0.15) is 5.75 Å². The van der Waals surface area contributed by atoms with Gasteiger partial charge in [0.2, 0.25) is 0 Å². The van der Waals surface area contributed by atoms with Crippen molar-refractivity contribution in [1.82, 2.24) is 5.32 Å². The van der Waals surface area contributed by atoms with Crippen LogP contribution in [0.2, 0.25) is 0 Å². The largest absolute Gasteiger partial charge is 0.494 e. The molecule has 0 radical (unpaired) electrons. The molecule has 0 heterocycles. The summed E-state index contributed by atoms with van der Waals surface area (Å²) >= 11 is 0. The topological polar surface area (TPSA) is 24.5 Å². The van der Waals surface area contributed by atoms with Crippen molar-refractivity contribution >= 4 is 5.69 Å². The molecule has 0 aliphatic carbocycles. The molecule has 0 spiro atoms. The second kappa shape index (κ2) is 7.70. The Balaban J connectivity index is 1.89. The van der Waals surface area contributed by atoms with Gasteiger partial charge < -0.3 is 15.0 Å². The highest BCUT2D eigenvalue weighted by atomic mass is 16.5. The first-order valence-corrected chi connectivity index (χ1v) is 7.38. The van der Waals surface area contributed by atoms with Crippen LogP contribution >= 0.6 is 0 Å². The van der Waals surface area contributed by atoms with Crippen LogP contribution in [0, 0.1) is 0 Å². The Morgan fingerprint density at radius 2 is 1.67 bits per heavy atom. The van der Waals surface area contributed by atoms with Gasteiger partial charge in [-0.1, -0.05) is 30.3 Å². The number of ether oxygens (including phenoxy) is 1. The van der Waals surface area contributed by atoms with Crippen LogP contribution in [0.5, 0.6) is 5.75 Å². The van der Waals surface area contributed by atoms with Crippen molar-refractivity contribution in [2.24, 2.45) is 0 Å². The normalized spacial score (nSPS) is 10.4. The molecule has 0 saturated heterocycles. The summed E-state index contributed by atoms with van der Waals surface area (Å²) < 4.78 is 5.45. The minimum Gasteiger partial charge on any atom is -0.494 e. The van der Waals surface area contributed by atoms with Crippen LogP contribution in [-0.2, 0) is 13.1 Å². The molecule has 112 valence electrons. The number of benzene rings is 2. The van der Waals surface area contributed by atoms with Gasteiger partial charge in [-0.15, -0.1) is 0 Å². The number of anilines is 1. The lowest BCUT2D eigenvalue weighted by atomic mass is 10.1. The molecule has 0 fully saturated rings. The quantitative estimate of drug-likeness (QED) is 0.843. The summed E-state index contributed by atoms with van der Waals surface area (Å²) in [5, 5.41) is 3.50. The van der Waals surface area contributed by atoms with Crippen LogP contribution in [0.15, 0.2) is 48.5 Å². The number of nitrogens with zero attached hydrogens (tertiary/aromatic N) is 1. The summed E-state index contributed by atoms with van der Waals surface area (Å²) in [5.41, 5.74) is 3.84. The molecule has 1 N–H and O–H groups in total. The highest BCUT2D eigenvalue weighted by Gasteiger charge is 2.03. The van der Waals surface area contributed by atoms with Gasteiger partial charge >= 0.3 is 0 Å². The Morgan fingerprint density at radius 3 is 2.33 bits per heavy atom. The number of hydrogen-bond acceptors (Lipinski definition) is 3. The first-order chi connectivity index (χ1) is 10.2. The van der Waals surface area contributed by atoms with E-state index < -0.39 is 0 Å². The third-order valence-corrected chi connectivity index (χ3v) is 3.35. The van der Waals surface area contributed by atoms with Gasteiger partial charge in [0.25, 0.3) is 0 Å². The zero-order valence-corrected chi connectivity index (χ0v) is 13.1. The number of para-hydroxylation sites is 1. The molecule has 0 saturated carbocycles. The van der Waals surface area contributed by atoms with Crippen LogP contribution in [0.4, 0.5) is 5.69 Å². The van der Waals surface area contributed by atoms with Crippen molar-refractivity contribution in [3.63, 3.8) is 0 Å². The molecular formula is C18H24N2O. The lowest BCUT2D eigenvalue weighted by Crippen LogP contribution is -2.17. The molecule has 2 aromatic carbocycles. The SMILES string of the molecule is CCOc1ccc(CNCc2ccccc2N(C)C)cc1. The zero-order valence-electron chi connectivity index (χ0n) is 13.1. The highest BCUT2D eigenvalue weighted by molar-refractivity contribution is 5.52. The minimum atomic E-state index is 0.707. The van der Waals surface area contributed by atoms with Gasteiger partial charge in [-0.25, -0.2) is 0 Å². The zero-order chi connectivity index (χ0) is 15.1. The van der Waals surface area contributed by atoms with Gasteiger partial charge in [0, 0.05) is 32.9 Å². The molecule has 0 aliphatic rings. The highest BCUT2D eigenvalue weighted by Crippen LogP contribution is 2.18. The van der Waals surface area contributed by atoms with E-state index in [1.807, 2.05) is 19.1 Å². The van der Waals surface area contributed by atoms with Crippen LogP contribution in [0.25, 0.3) is 0 Å². The van der Waals surface area contributed by atoms with E-state index in [2.05, 4.69) is 60.7 Å². The number of hydrogen-bond donors (Lipinski definition) is 1. The van der Waals surface area contributed by atoms with Crippen molar-refractivity contribution < 1.29 is 4.74 Å². The molecule has 3 heteroatoms. The Kier molecular flexibility index (Phi) is 5.64. The maximum atomic E-state index is 5.45. The van der Waals surface area contributed by atoms with E-state index in [0.29, 0.717) is 6.61 Å². The minimum absolute atomic E-state index is 0.707. The average Bonchev–Trinajstić information content (AvgIpc) is 2.50. The molecular weight excluding hydrogens is 260 g/mol. The van der Waals surface area contributed by atoms with E-state index in [1.165, 1.54) is 16.8 Å². The van der Waals surface area contributed by atoms with Crippen LogP contribution in [-0.4, -0.2) is 20.7 Å². The Hall–Kier alpha value is -2.00. The number of rotatable bonds is 7. The lowest BCUT2D eigenvalue weighted by molar-refractivity contribution is 0.340. The predicted octanol–water partition coefficient (Wildman–Crippen LogP) is 3.44. The van der Waals surface area contributed by atoms with Gasteiger partial charge in [-0.05, 0) is 36.2 Å². The summed E-state index contributed by atoms with van der Waals surface area (Å²) in [7, 11) is 4.15. The van der Waals surface area contributed by atoms with E-state index in [-0.39, 0.29) is 0 Å². The molecule has 21 heavy (non-hydrogen) atoms. The van der Waals surface area contributed by atoms with E-state index in [0.717, 1.165) is 18.8 Å². The van der Waals surface area contributed by atoms with Gasteiger partial charge in [-0.2, -0.15) is 0 Å². The maximum Gasteiger partial charge on any atom is 0.119 e. The van der Waals surface area contributed by atoms with Crippen molar-refractivity contribution in [3.05, 3.63) is 59.7 Å². The molecule has 2 aromatic rings. The first-order valence-electron chi connectivity index (χ1n) is 7.38. The predicted molar refractivity (Wildman–Crippen MR) is 88.9 cm³/mol. The van der Waals surface area contributed by atoms with E-state index >= 15 is 0 Å². The average molecular weight is 284 g/mol. The summed E-state index contributed by atoms with van der Waals surface area (Å²) in [6.07, 6.45) is 0. The molecule has 0 aromatic heterocycles. The standard InChI is InChI=1S/C18H24N2O/c1-4-21-17-11-9-15(10-12-17)13-19-14-16-7-5-6-8-18(16)20(2)3/h5-12,19H,4,13-14H2,1-3H3. The van der Waals surface area contributed by atoms with Crippen LogP contribution < -0.4 is 15.0 Å². The Bertz CT molecular complexity index is 549. The molecule has 0 bridgehead atoms. The monoisotopic (exact) mass is 284 g/mol. The fourth-order valence-electron chi connectivity index (χ4n) is 2.31. The molecule has 3 nitrogen and oxygen atoms in total. The summed E-state index contributed by atoms with van der Waals surface area (Å²) in [4.78, 5) is 2.15. The smallest absolute Gasteiger partial charge is 0.119 e. The van der Waals surface area contributed by atoms with Crippen LogP contribution in [0.3, 0.4) is 0 Å². The summed E-state index contributed by atoms with van der Waals surface area (Å²) in [6, 6.07) is 16.7. The maximum absolute atomic E-state index is 5.45. The molecule has 0 atom stereocenters. The van der Waals surface area contributed by atoms with Gasteiger partial charge in [0.05, 0.1) is 6.61 Å². The molecule has 0 aliphatic heterocycles. The van der Waals surface area contributed by atoms with E-state index in [1.54, 1.807) is 0 Å². The van der Waals surface area contributed by atoms with Crippen LogP contribution in [0.1, 0.15) is 18.1 Å².